The molecule has 1 amide bonds. The standard InChI is InChI=1S/C35H35N3O7S2/c1-21-9-12-27(13-10-21)47(42,43)45-38(31-17-25(18-37-16-15-26(40)19-37)29-7-5-6-8-30(29)36-31)35(41)33-22(2)32-24(20-44-4)11-14-28(23(3)39)34(32)46-33/h5-14,17,26,40H,15-16,18-20H2,1-4H3/t26-/m1/s1. The summed E-state index contributed by atoms with van der Waals surface area (Å²) >= 11 is 1.10. The Morgan fingerprint density at radius 2 is 1.81 bits per heavy atom. The molecule has 0 unspecified atom stereocenters. The van der Waals surface area contributed by atoms with Gasteiger partial charge in [-0.05, 0) is 74.2 Å². The van der Waals surface area contributed by atoms with E-state index in [0.717, 1.165) is 38.5 Å². The van der Waals surface area contributed by atoms with E-state index in [4.69, 9.17) is 14.0 Å². The maximum atomic E-state index is 14.6. The molecule has 1 aliphatic heterocycles. The molecule has 5 aromatic rings. The lowest BCUT2D eigenvalue weighted by Gasteiger charge is -2.23. The molecule has 1 aliphatic rings. The number of benzene rings is 3. The SMILES string of the molecule is COCc1ccc(C(C)=O)c2sc(C(=O)N(OS(=O)(=O)c3ccc(C)cc3)c3cc(CN4CC[C@@H](O)C4)c4ccccc4n3)c(C)c12. The molecule has 12 heteroatoms. The lowest BCUT2D eigenvalue weighted by molar-refractivity contribution is 0.0886. The zero-order chi connectivity index (χ0) is 33.5. The van der Waals surface area contributed by atoms with E-state index in [0.29, 0.717) is 52.8 Å². The van der Waals surface area contributed by atoms with Crippen LogP contribution in [0.3, 0.4) is 0 Å². The van der Waals surface area contributed by atoms with Gasteiger partial charge in [-0.15, -0.1) is 20.7 Å². The van der Waals surface area contributed by atoms with Crippen molar-refractivity contribution in [1.29, 1.82) is 0 Å². The number of aromatic nitrogens is 1. The van der Waals surface area contributed by atoms with Gasteiger partial charge in [-0.2, -0.15) is 8.42 Å². The number of aryl methyl sites for hydroxylation is 2. The Balaban J connectivity index is 1.53. The number of methoxy groups -OCH3 is 1. The van der Waals surface area contributed by atoms with Crippen LogP contribution in [-0.2, 0) is 32.3 Å². The van der Waals surface area contributed by atoms with Gasteiger partial charge in [0.2, 0.25) is 0 Å². The summed E-state index contributed by atoms with van der Waals surface area (Å²) in [4.78, 5) is 34.1. The van der Waals surface area contributed by atoms with Gasteiger partial charge in [-0.3, -0.25) is 14.5 Å². The molecule has 1 fully saturated rings. The number of β-amino-alcohol motifs (C(OH)–C–C–N with tert-alkyl or cyclic N) is 1. The van der Waals surface area contributed by atoms with Crippen molar-refractivity contribution < 1.29 is 32.1 Å². The molecule has 0 saturated carbocycles. The highest BCUT2D eigenvalue weighted by atomic mass is 32.2. The largest absolute Gasteiger partial charge is 0.392 e. The molecule has 10 nitrogen and oxygen atoms in total. The number of nitrogens with zero attached hydrogens (tertiary/aromatic N) is 3. The highest BCUT2D eigenvalue weighted by molar-refractivity contribution is 7.86. The minimum absolute atomic E-state index is 0.0140. The fourth-order valence-electron chi connectivity index (χ4n) is 5.97. The Labute approximate surface area is 277 Å². The van der Waals surface area contributed by atoms with Crippen molar-refractivity contribution in [3.8, 4) is 0 Å². The summed E-state index contributed by atoms with van der Waals surface area (Å²) in [5.41, 5.74) is 4.01. The number of aliphatic hydroxyl groups is 1. The summed E-state index contributed by atoms with van der Waals surface area (Å²) in [6.45, 7) is 6.95. The summed E-state index contributed by atoms with van der Waals surface area (Å²) in [6, 6.07) is 18.7. The number of hydrogen-bond acceptors (Lipinski definition) is 10. The smallest absolute Gasteiger partial charge is 0.318 e. The molecule has 1 saturated heterocycles. The molecule has 0 spiro atoms. The van der Waals surface area contributed by atoms with Gasteiger partial charge in [0.15, 0.2) is 11.6 Å². The zero-order valence-electron chi connectivity index (χ0n) is 26.5. The Morgan fingerprint density at radius 1 is 1.06 bits per heavy atom. The number of aliphatic hydroxyl groups excluding tert-OH is 1. The third kappa shape index (κ3) is 6.57. The second kappa shape index (κ2) is 13.2. The molecule has 6 rings (SSSR count). The molecule has 3 heterocycles. The van der Waals surface area contributed by atoms with Gasteiger partial charge >= 0.3 is 10.1 Å². The molecule has 2 aromatic heterocycles. The fraction of sp³-hybridized carbons (Fsp3) is 0.286. The van der Waals surface area contributed by atoms with Crippen LogP contribution in [0.4, 0.5) is 5.82 Å². The van der Waals surface area contributed by atoms with E-state index in [1.165, 1.54) is 19.1 Å². The Hall–Kier alpha value is -4.04. The minimum atomic E-state index is -4.50. The molecule has 1 atom stereocenters. The monoisotopic (exact) mass is 673 g/mol. The summed E-state index contributed by atoms with van der Waals surface area (Å²) < 4.78 is 39.2. The van der Waals surface area contributed by atoms with Crippen LogP contribution in [0.1, 0.15) is 55.6 Å². The number of carbonyl (C=O) groups is 2. The molecule has 0 radical (unpaired) electrons. The summed E-state index contributed by atoms with van der Waals surface area (Å²) in [6.07, 6.45) is 0.221. The van der Waals surface area contributed by atoms with Crippen molar-refractivity contribution in [3.05, 3.63) is 99.4 Å². The van der Waals surface area contributed by atoms with Crippen LogP contribution in [0.2, 0.25) is 0 Å². The lowest BCUT2D eigenvalue weighted by atomic mass is 10.0. The van der Waals surface area contributed by atoms with Crippen LogP contribution in [0.15, 0.2) is 71.6 Å². The predicted molar refractivity (Wildman–Crippen MR) is 181 cm³/mol. The predicted octanol–water partition coefficient (Wildman–Crippen LogP) is 5.95. The van der Waals surface area contributed by atoms with E-state index < -0.39 is 22.1 Å². The molecule has 3 aromatic carbocycles. The van der Waals surface area contributed by atoms with Crippen molar-refractivity contribution in [1.82, 2.24) is 9.88 Å². The molecule has 0 aliphatic carbocycles. The van der Waals surface area contributed by atoms with Crippen LogP contribution in [-0.4, -0.2) is 61.4 Å². The first-order chi connectivity index (χ1) is 22.5. The van der Waals surface area contributed by atoms with Crippen LogP contribution in [0.25, 0.3) is 21.0 Å². The number of hydrogen-bond donors (Lipinski definition) is 1. The number of para-hydroxylation sites is 1. The van der Waals surface area contributed by atoms with E-state index in [2.05, 4.69) is 4.90 Å². The second-order valence-corrected chi connectivity index (χ2v) is 14.3. The number of carbonyl (C=O) groups excluding carboxylic acids is 2. The Bertz CT molecular complexity index is 2110. The summed E-state index contributed by atoms with van der Waals surface area (Å²) in [5, 5.41) is 12.4. The first-order valence-corrected chi connectivity index (χ1v) is 17.4. The van der Waals surface area contributed by atoms with Gasteiger partial charge in [0.25, 0.3) is 5.91 Å². The van der Waals surface area contributed by atoms with Crippen molar-refractivity contribution in [2.75, 3.05) is 25.3 Å². The van der Waals surface area contributed by atoms with Gasteiger partial charge in [0.1, 0.15) is 0 Å². The van der Waals surface area contributed by atoms with Crippen LogP contribution < -0.4 is 5.06 Å². The molecule has 244 valence electrons. The van der Waals surface area contributed by atoms with Gasteiger partial charge < -0.3 is 9.84 Å². The van der Waals surface area contributed by atoms with Crippen molar-refractivity contribution in [2.24, 2.45) is 0 Å². The van der Waals surface area contributed by atoms with Crippen molar-refractivity contribution in [2.45, 2.75) is 51.3 Å². The number of thiophene rings is 1. The van der Waals surface area contributed by atoms with Gasteiger partial charge in [0, 0.05) is 47.8 Å². The average molecular weight is 674 g/mol. The zero-order valence-corrected chi connectivity index (χ0v) is 28.2. The number of ketones is 1. The van der Waals surface area contributed by atoms with Crippen LogP contribution in [0.5, 0.6) is 0 Å². The van der Waals surface area contributed by atoms with E-state index in [1.54, 1.807) is 50.4 Å². The third-order valence-corrected chi connectivity index (χ3v) is 10.8. The number of rotatable bonds is 10. The third-order valence-electron chi connectivity index (χ3n) is 8.34. The maximum Gasteiger partial charge on any atom is 0.318 e. The number of amides is 1. The first kappa shape index (κ1) is 32.9. The normalized spacial score (nSPS) is 15.5. The van der Waals surface area contributed by atoms with E-state index >= 15 is 0 Å². The lowest BCUT2D eigenvalue weighted by Crippen LogP contribution is -2.34. The van der Waals surface area contributed by atoms with Crippen LogP contribution in [0, 0.1) is 13.8 Å². The Kier molecular flexibility index (Phi) is 9.25. The topological polar surface area (TPSA) is 126 Å². The van der Waals surface area contributed by atoms with Gasteiger partial charge in [-0.1, -0.05) is 42.0 Å². The number of likely N-dealkylation sites (tertiary alicyclic amines) is 1. The number of pyridine rings is 1. The van der Waals surface area contributed by atoms with Gasteiger partial charge in [0.05, 0.1) is 28.0 Å². The minimum Gasteiger partial charge on any atom is -0.392 e. The van der Waals surface area contributed by atoms with E-state index in [9.17, 15) is 23.1 Å². The fourth-order valence-corrected chi connectivity index (χ4v) is 8.20. The maximum absolute atomic E-state index is 14.6. The Morgan fingerprint density at radius 3 is 2.49 bits per heavy atom. The highest BCUT2D eigenvalue weighted by Crippen LogP contribution is 2.38. The van der Waals surface area contributed by atoms with Crippen molar-refractivity contribution in [3.63, 3.8) is 0 Å². The molecular weight excluding hydrogens is 639 g/mol. The van der Waals surface area contributed by atoms with Crippen LogP contribution >= 0.6 is 11.3 Å². The number of hydroxylamine groups is 1. The highest BCUT2D eigenvalue weighted by Gasteiger charge is 2.33. The molecule has 0 bridgehead atoms. The quantitative estimate of drug-likeness (QED) is 0.141. The van der Waals surface area contributed by atoms with Crippen molar-refractivity contribution >= 4 is 60.0 Å². The van der Waals surface area contributed by atoms with E-state index in [1.807, 2.05) is 25.1 Å². The molecular formula is C35H35N3O7S2. The second-order valence-electron chi connectivity index (χ2n) is 11.8. The summed E-state index contributed by atoms with van der Waals surface area (Å²) in [5.74, 6) is -0.926. The number of Topliss-reactive ketones (excluding diaryl/α,β-unsaturated/α-hetero) is 1. The number of ether oxygens (including phenoxy) is 1. The molecule has 1 N–H and O–H groups in total. The average Bonchev–Trinajstić information content (AvgIpc) is 3.62. The first-order valence-electron chi connectivity index (χ1n) is 15.2. The van der Waals surface area contributed by atoms with Gasteiger partial charge in [-0.25, -0.2) is 4.98 Å². The summed E-state index contributed by atoms with van der Waals surface area (Å²) in [7, 11) is -2.94. The number of anilines is 1. The number of fused-ring (bicyclic) bond motifs is 2. The molecule has 47 heavy (non-hydrogen) atoms. The van der Waals surface area contributed by atoms with E-state index in [-0.39, 0.29) is 28.0 Å².